The number of rotatable bonds is 5. The van der Waals surface area contributed by atoms with Gasteiger partial charge in [0, 0.05) is 13.0 Å². The van der Waals surface area contributed by atoms with Gasteiger partial charge in [-0.15, -0.1) is 0 Å². The molecule has 0 radical (unpaired) electrons. The van der Waals surface area contributed by atoms with Gasteiger partial charge in [0.15, 0.2) is 0 Å². The van der Waals surface area contributed by atoms with Gasteiger partial charge in [-0.2, -0.15) is 0 Å². The van der Waals surface area contributed by atoms with Gasteiger partial charge in [-0.05, 0) is 50.1 Å². The summed E-state index contributed by atoms with van der Waals surface area (Å²) in [6.07, 6.45) is 8.23. The minimum absolute atomic E-state index is 0.255. The van der Waals surface area contributed by atoms with Crippen LogP contribution in [-0.4, -0.2) is 25.5 Å². The summed E-state index contributed by atoms with van der Waals surface area (Å²) in [5, 5.41) is 6.48. The van der Waals surface area contributed by atoms with Crippen molar-refractivity contribution in [3.05, 3.63) is 0 Å². The lowest BCUT2D eigenvalue weighted by Gasteiger charge is -2.23. The zero-order valence-corrected chi connectivity index (χ0v) is 11.1. The Morgan fingerprint density at radius 3 is 2.82 bits per heavy atom. The van der Waals surface area contributed by atoms with E-state index in [4.69, 9.17) is 0 Å². The Morgan fingerprint density at radius 1 is 1.41 bits per heavy atom. The van der Waals surface area contributed by atoms with E-state index in [0.29, 0.717) is 11.8 Å². The Balaban J connectivity index is 1.60. The van der Waals surface area contributed by atoms with Crippen LogP contribution in [0.2, 0.25) is 0 Å². The van der Waals surface area contributed by atoms with Crippen molar-refractivity contribution in [1.82, 2.24) is 10.6 Å². The largest absolute Gasteiger partial charge is 0.356 e. The summed E-state index contributed by atoms with van der Waals surface area (Å²) in [5.41, 5.74) is 0.380. The van der Waals surface area contributed by atoms with E-state index in [1.54, 1.807) is 0 Å². The van der Waals surface area contributed by atoms with Gasteiger partial charge in [-0.1, -0.05) is 19.8 Å². The highest BCUT2D eigenvalue weighted by molar-refractivity contribution is 5.75. The highest BCUT2D eigenvalue weighted by Crippen LogP contribution is 2.36. The van der Waals surface area contributed by atoms with Crippen LogP contribution >= 0.6 is 0 Å². The second-order valence-electron chi connectivity index (χ2n) is 6.19. The van der Waals surface area contributed by atoms with Crippen LogP contribution in [0, 0.1) is 11.3 Å². The van der Waals surface area contributed by atoms with Crippen LogP contribution in [0.15, 0.2) is 0 Å². The smallest absolute Gasteiger partial charge is 0.220 e. The molecule has 1 aliphatic heterocycles. The summed E-state index contributed by atoms with van der Waals surface area (Å²) in [4.78, 5) is 11.8. The van der Waals surface area contributed by atoms with Crippen molar-refractivity contribution in [3.63, 3.8) is 0 Å². The summed E-state index contributed by atoms with van der Waals surface area (Å²) in [6, 6.07) is 0. The van der Waals surface area contributed by atoms with E-state index in [2.05, 4.69) is 17.6 Å². The molecule has 0 spiro atoms. The van der Waals surface area contributed by atoms with E-state index in [1.165, 1.54) is 32.1 Å². The fourth-order valence-electron chi connectivity index (χ4n) is 3.10. The Kier molecular flexibility index (Phi) is 4.43. The molecule has 1 atom stereocenters. The average Bonchev–Trinajstić information content (AvgIpc) is 2.95. The highest BCUT2D eigenvalue weighted by atomic mass is 16.1. The molecule has 1 saturated heterocycles. The average molecular weight is 238 g/mol. The fraction of sp³-hybridized carbons (Fsp3) is 0.929. The molecule has 3 nitrogen and oxygen atoms in total. The van der Waals surface area contributed by atoms with Crippen molar-refractivity contribution in [2.24, 2.45) is 11.3 Å². The molecule has 2 N–H and O–H groups in total. The molecule has 0 aromatic rings. The topological polar surface area (TPSA) is 41.1 Å². The molecule has 2 rings (SSSR count). The quantitative estimate of drug-likeness (QED) is 0.770. The van der Waals surface area contributed by atoms with Crippen LogP contribution < -0.4 is 10.6 Å². The predicted octanol–water partition coefficient (Wildman–Crippen LogP) is 2.07. The van der Waals surface area contributed by atoms with Crippen molar-refractivity contribution in [1.29, 1.82) is 0 Å². The molecule has 1 aliphatic carbocycles. The number of hydrogen-bond acceptors (Lipinski definition) is 2. The SMILES string of the molecule is CC1(CNC(=O)CCC2CCNC2)CCCC1. The van der Waals surface area contributed by atoms with Gasteiger partial charge >= 0.3 is 0 Å². The number of amides is 1. The number of carbonyl (C=O) groups is 1. The Hall–Kier alpha value is -0.570. The van der Waals surface area contributed by atoms with E-state index in [9.17, 15) is 4.79 Å². The van der Waals surface area contributed by atoms with E-state index >= 15 is 0 Å². The highest BCUT2D eigenvalue weighted by Gasteiger charge is 2.28. The van der Waals surface area contributed by atoms with Gasteiger partial charge < -0.3 is 10.6 Å². The third kappa shape index (κ3) is 3.98. The van der Waals surface area contributed by atoms with Crippen LogP contribution in [0.5, 0.6) is 0 Å². The maximum atomic E-state index is 11.8. The third-order valence-electron chi connectivity index (χ3n) is 4.47. The molecule has 0 bridgehead atoms. The summed E-state index contributed by atoms with van der Waals surface area (Å²) >= 11 is 0. The van der Waals surface area contributed by atoms with Crippen molar-refractivity contribution in [3.8, 4) is 0 Å². The van der Waals surface area contributed by atoms with Crippen molar-refractivity contribution in [2.75, 3.05) is 19.6 Å². The molecule has 1 heterocycles. The second kappa shape index (κ2) is 5.85. The van der Waals surface area contributed by atoms with Crippen molar-refractivity contribution >= 4 is 5.91 Å². The standard InChI is InChI=1S/C14H26N2O/c1-14(7-2-3-8-14)11-16-13(17)5-4-12-6-9-15-10-12/h12,15H,2-11H2,1H3,(H,16,17). The summed E-state index contributed by atoms with van der Waals surface area (Å²) < 4.78 is 0. The van der Waals surface area contributed by atoms with Crippen LogP contribution in [0.25, 0.3) is 0 Å². The first-order chi connectivity index (χ1) is 8.18. The lowest BCUT2D eigenvalue weighted by Crippen LogP contribution is -2.34. The lowest BCUT2D eigenvalue weighted by atomic mass is 9.89. The van der Waals surface area contributed by atoms with Gasteiger partial charge in [-0.3, -0.25) is 4.79 Å². The minimum atomic E-state index is 0.255. The molecule has 17 heavy (non-hydrogen) atoms. The zero-order valence-electron chi connectivity index (χ0n) is 11.1. The molecule has 1 unspecified atom stereocenters. The van der Waals surface area contributed by atoms with Gasteiger partial charge in [0.05, 0.1) is 0 Å². The van der Waals surface area contributed by atoms with Crippen LogP contribution in [0.1, 0.15) is 51.9 Å². The maximum absolute atomic E-state index is 11.8. The lowest BCUT2D eigenvalue weighted by molar-refractivity contribution is -0.121. The maximum Gasteiger partial charge on any atom is 0.220 e. The first-order valence-corrected chi connectivity index (χ1v) is 7.15. The van der Waals surface area contributed by atoms with Gasteiger partial charge in [0.25, 0.3) is 0 Å². The fourth-order valence-corrected chi connectivity index (χ4v) is 3.10. The van der Waals surface area contributed by atoms with E-state index < -0.39 is 0 Å². The minimum Gasteiger partial charge on any atom is -0.356 e. The monoisotopic (exact) mass is 238 g/mol. The van der Waals surface area contributed by atoms with Gasteiger partial charge in [0.1, 0.15) is 0 Å². The summed E-state index contributed by atoms with van der Waals surface area (Å²) in [5.74, 6) is 0.979. The predicted molar refractivity (Wildman–Crippen MR) is 69.8 cm³/mol. The molecule has 1 amide bonds. The Morgan fingerprint density at radius 2 is 2.18 bits per heavy atom. The molecular weight excluding hydrogens is 212 g/mol. The molecule has 0 aromatic carbocycles. The molecule has 1 saturated carbocycles. The second-order valence-corrected chi connectivity index (χ2v) is 6.19. The summed E-state index contributed by atoms with van der Waals surface area (Å²) in [6.45, 7) is 5.42. The van der Waals surface area contributed by atoms with Gasteiger partial charge in [-0.25, -0.2) is 0 Å². The number of carbonyl (C=O) groups excluding carboxylic acids is 1. The summed E-state index contributed by atoms with van der Waals surface area (Å²) in [7, 11) is 0. The van der Waals surface area contributed by atoms with E-state index in [1.807, 2.05) is 0 Å². The molecule has 98 valence electrons. The first kappa shape index (κ1) is 12.9. The first-order valence-electron chi connectivity index (χ1n) is 7.15. The van der Waals surface area contributed by atoms with Crippen molar-refractivity contribution in [2.45, 2.75) is 51.9 Å². The van der Waals surface area contributed by atoms with Crippen LogP contribution in [-0.2, 0) is 4.79 Å². The third-order valence-corrected chi connectivity index (χ3v) is 4.47. The van der Waals surface area contributed by atoms with Crippen molar-refractivity contribution < 1.29 is 4.79 Å². The molecule has 0 aromatic heterocycles. The van der Waals surface area contributed by atoms with E-state index in [0.717, 1.165) is 32.0 Å². The molecule has 3 heteroatoms. The number of nitrogens with one attached hydrogen (secondary N) is 2. The van der Waals surface area contributed by atoms with Crippen LogP contribution in [0.4, 0.5) is 0 Å². The zero-order chi connectivity index (χ0) is 12.1. The van der Waals surface area contributed by atoms with Gasteiger partial charge in [0.2, 0.25) is 5.91 Å². The molecule has 2 fully saturated rings. The normalized spacial score (nSPS) is 27.2. The molecule has 2 aliphatic rings. The molecular formula is C14H26N2O. The Labute approximate surface area is 105 Å². The number of hydrogen-bond donors (Lipinski definition) is 2. The van der Waals surface area contributed by atoms with E-state index in [-0.39, 0.29) is 5.91 Å². The Bertz CT molecular complexity index is 253. The van der Waals surface area contributed by atoms with Crippen LogP contribution in [0.3, 0.4) is 0 Å².